The van der Waals surface area contributed by atoms with Gasteiger partial charge in [0.15, 0.2) is 0 Å². The molecule has 170 valence electrons. The number of carbonyl (C=O) groups is 2. The summed E-state index contributed by atoms with van der Waals surface area (Å²) in [6.45, 7) is 9.82. The van der Waals surface area contributed by atoms with Crippen molar-refractivity contribution in [3.05, 3.63) is 35.9 Å². The minimum Gasteiger partial charge on any atom is -0.444 e. The first kappa shape index (κ1) is 22.1. The van der Waals surface area contributed by atoms with Gasteiger partial charge in [-0.2, -0.15) is 0 Å². The summed E-state index contributed by atoms with van der Waals surface area (Å²) < 4.78 is 10.8. The van der Waals surface area contributed by atoms with Gasteiger partial charge in [0.05, 0.1) is 19.3 Å². The second-order valence-electron chi connectivity index (χ2n) is 9.46. The third-order valence-electron chi connectivity index (χ3n) is 6.76. The van der Waals surface area contributed by atoms with Gasteiger partial charge in [-0.05, 0) is 23.8 Å². The smallest absolute Gasteiger partial charge is 0.407 e. The Labute approximate surface area is 185 Å². The molecular formula is C24H35N3O4. The quantitative estimate of drug-likeness (QED) is 0.722. The number of hydrogen-bond donors (Lipinski definition) is 1. The molecule has 3 saturated heterocycles. The van der Waals surface area contributed by atoms with Crippen molar-refractivity contribution in [1.29, 1.82) is 0 Å². The van der Waals surface area contributed by atoms with Gasteiger partial charge in [-0.3, -0.25) is 4.79 Å². The van der Waals surface area contributed by atoms with Crippen LogP contribution in [0.5, 0.6) is 0 Å². The van der Waals surface area contributed by atoms with E-state index in [1.54, 1.807) is 0 Å². The van der Waals surface area contributed by atoms with E-state index in [4.69, 9.17) is 9.47 Å². The molecule has 1 aromatic carbocycles. The Morgan fingerprint density at radius 1 is 1.13 bits per heavy atom. The number of rotatable bonds is 7. The number of alkyl carbamates (subject to hydrolysis) is 1. The van der Waals surface area contributed by atoms with Gasteiger partial charge in [0.25, 0.3) is 0 Å². The van der Waals surface area contributed by atoms with Crippen molar-refractivity contribution >= 4 is 12.0 Å². The van der Waals surface area contributed by atoms with Crippen LogP contribution in [-0.4, -0.2) is 73.8 Å². The van der Waals surface area contributed by atoms with Crippen LogP contribution in [0.15, 0.2) is 30.3 Å². The fraction of sp³-hybridized carbons (Fsp3) is 0.667. The van der Waals surface area contributed by atoms with Crippen LogP contribution in [0, 0.1) is 17.8 Å². The van der Waals surface area contributed by atoms with E-state index in [2.05, 4.69) is 27.2 Å². The van der Waals surface area contributed by atoms with E-state index < -0.39 is 0 Å². The Morgan fingerprint density at radius 2 is 1.84 bits per heavy atom. The minimum absolute atomic E-state index is 0.0724. The predicted octanol–water partition coefficient (Wildman–Crippen LogP) is 2.68. The van der Waals surface area contributed by atoms with Crippen molar-refractivity contribution in [1.82, 2.24) is 15.1 Å². The molecule has 3 fully saturated rings. The molecule has 1 N–H and O–H groups in total. The number of nitrogens with one attached hydrogen (secondary N) is 1. The van der Waals surface area contributed by atoms with Crippen molar-refractivity contribution in [2.24, 2.45) is 17.8 Å². The zero-order valence-electron chi connectivity index (χ0n) is 18.7. The molecule has 0 radical (unpaired) electrons. The van der Waals surface area contributed by atoms with E-state index in [0.717, 1.165) is 51.1 Å². The van der Waals surface area contributed by atoms with Crippen LogP contribution in [0.3, 0.4) is 0 Å². The summed E-state index contributed by atoms with van der Waals surface area (Å²) in [5.74, 6) is 1.49. The molecule has 0 aliphatic carbocycles. The number of amides is 2. The maximum absolute atomic E-state index is 12.5. The monoisotopic (exact) mass is 429 g/mol. The highest BCUT2D eigenvalue weighted by Crippen LogP contribution is 2.32. The van der Waals surface area contributed by atoms with E-state index in [9.17, 15) is 9.59 Å². The standard InChI is InChI=1S/C24H35N3O4/c1-17(2)23(28)27-14-19-12-26(13-20(19)15-27)10-8-22(18-6-4-3-5-7-18)25-24(29)31-21-9-11-30-16-21/h3-7,17,19-22H,8-16H2,1-2H3,(H,25,29)/t19-,20?,21?,22?/m0/s1. The molecule has 3 unspecified atom stereocenters. The zero-order chi connectivity index (χ0) is 21.8. The number of hydrogen-bond acceptors (Lipinski definition) is 5. The van der Waals surface area contributed by atoms with Gasteiger partial charge in [0, 0.05) is 45.1 Å². The molecule has 1 aromatic rings. The van der Waals surface area contributed by atoms with E-state index >= 15 is 0 Å². The Hall–Kier alpha value is -2.12. The first-order valence-electron chi connectivity index (χ1n) is 11.6. The van der Waals surface area contributed by atoms with E-state index in [1.807, 2.05) is 32.0 Å². The number of likely N-dealkylation sites (tertiary alicyclic amines) is 2. The minimum atomic E-state index is -0.370. The third kappa shape index (κ3) is 5.57. The lowest BCUT2D eigenvalue weighted by Gasteiger charge is -2.25. The van der Waals surface area contributed by atoms with Gasteiger partial charge in [0.1, 0.15) is 6.10 Å². The maximum atomic E-state index is 12.5. The molecule has 0 saturated carbocycles. The van der Waals surface area contributed by atoms with Crippen molar-refractivity contribution in [3.8, 4) is 0 Å². The third-order valence-corrected chi connectivity index (χ3v) is 6.76. The SMILES string of the molecule is CC(C)C(=O)N1CC2CN(CCC(NC(=O)OC3CCOC3)c3ccccc3)C[C@H]2C1. The number of ether oxygens (including phenoxy) is 2. The molecule has 3 heterocycles. The summed E-state index contributed by atoms with van der Waals surface area (Å²) in [6, 6.07) is 10.0. The van der Waals surface area contributed by atoms with Gasteiger partial charge in [-0.25, -0.2) is 4.79 Å². The number of carbonyl (C=O) groups excluding carboxylic acids is 2. The van der Waals surface area contributed by atoms with Crippen LogP contribution in [-0.2, 0) is 14.3 Å². The fourth-order valence-electron chi connectivity index (χ4n) is 5.07. The Balaban J connectivity index is 1.29. The highest BCUT2D eigenvalue weighted by atomic mass is 16.6. The van der Waals surface area contributed by atoms with Gasteiger partial charge in [-0.1, -0.05) is 44.2 Å². The molecule has 7 heteroatoms. The summed E-state index contributed by atoms with van der Waals surface area (Å²) in [5, 5.41) is 3.07. The molecule has 3 aliphatic heterocycles. The second kappa shape index (κ2) is 10.0. The summed E-state index contributed by atoms with van der Waals surface area (Å²) in [4.78, 5) is 29.3. The highest BCUT2D eigenvalue weighted by Gasteiger charge is 2.41. The van der Waals surface area contributed by atoms with Crippen molar-refractivity contribution < 1.29 is 19.1 Å². The molecule has 4 rings (SSSR count). The number of benzene rings is 1. The van der Waals surface area contributed by atoms with E-state index in [-0.39, 0.29) is 30.1 Å². The Bertz CT molecular complexity index is 736. The van der Waals surface area contributed by atoms with Crippen LogP contribution < -0.4 is 5.32 Å². The largest absolute Gasteiger partial charge is 0.444 e. The average Bonchev–Trinajstić information content (AvgIpc) is 3.48. The molecule has 0 spiro atoms. The normalized spacial score (nSPS) is 26.8. The first-order chi connectivity index (χ1) is 15.0. The molecule has 31 heavy (non-hydrogen) atoms. The van der Waals surface area contributed by atoms with Crippen LogP contribution in [0.25, 0.3) is 0 Å². The lowest BCUT2D eigenvalue weighted by atomic mass is 10.0. The number of nitrogens with zero attached hydrogens (tertiary/aromatic N) is 2. The van der Waals surface area contributed by atoms with Crippen LogP contribution in [0.1, 0.15) is 38.3 Å². The molecule has 2 amide bonds. The van der Waals surface area contributed by atoms with Gasteiger partial charge >= 0.3 is 6.09 Å². The maximum Gasteiger partial charge on any atom is 0.407 e. The van der Waals surface area contributed by atoms with Gasteiger partial charge in [-0.15, -0.1) is 0 Å². The molecule has 4 atom stereocenters. The molecule has 7 nitrogen and oxygen atoms in total. The summed E-state index contributed by atoms with van der Waals surface area (Å²) in [7, 11) is 0. The van der Waals surface area contributed by atoms with Gasteiger partial charge < -0.3 is 24.6 Å². The van der Waals surface area contributed by atoms with Gasteiger partial charge in [0.2, 0.25) is 5.91 Å². The molecule has 3 aliphatic rings. The summed E-state index contributed by atoms with van der Waals surface area (Å²) in [5.41, 5.74) is 1.09. The fourth-order valence-corrected chi connectivity index (χ4v) is 5.07. The summed E-state index contributed by atoms with van der Waals surface area (Å²) in [6.07, 6.45) is 1.07. The van der Waals surface area contributed by atoms with Crippen LogP contribution >= 0.6 is 0 Å². The lowest BCUT2D eigenvalue weighted by molar-refractivity contribution is -0.133. The lowest BCUT2D eigenvalue weighted by Crippen LogP contribution is -2.37. The molecule has 0 aromatic heterocycles. The van der Waals surface area contributed by atoms with Crippen molar-refractivity contribution in [3.63, 3.8) is 0 Å². The zero-order valence-corrected chi connectivity index (χ0v) is 18.7. The predicted molar refractivity (Wildman–Crippen MR) is 117 cm³/mol. The Kier molecular flexibility index (Phi) is 7.13. The first-order valence-corrected chi connectivity index (χ1v) is 11.6. The van der Waals surface area contributed by atoms with E-state index in [0.29, 0.717) is 25.0 Å². The van der Waals surface area contributed by atoms with Crippen LogP contribution in [0.4, 0.5) is 4.79 Å². The topological polar surface area (TPSA) is 71.1 Å². The Morgan fingerprint density at radius 3 is 2.45 bits per heavy atom. The molecular weight excluding hydrogens is 394 g/mol. The van der Waals surface area contributed by atoms with Crippen molar-refractivity contribution in [2.75, 3.05) is 45.9 Å². The highest BCUT2D eigenvalue weighted by molar-refractivity contribution is 5.78. The summed E-state index contributed by atoms with van der Waals surface area (Å²) >= 11 is 0. The van der Waals surface area contributed by atoms with E-state index in [1.165, 1.54) is 0 Å². The molecule has 0 bridgehead atoms. The average molecular weight is 430 g/mol. The second-order valence-corrected chi connectivity index (χ2v) is 9.46. The number of fused-ring (bicyclic) bond motifs is 1. The van der Waals surface area contributed by atoms with Crippen molar-refractivity contribution in [2.45, 2.75) is 38.8 Å². The van der Waals surface area contributed by atoms with Crippen LogP contribution in [0.2, 0.25) is 0 Å².